The van der Waals surface area contributed by atoms with Crippen LogP contribution >= 0.6 is 11.8 Å². The van der Waals surface area contributed by atoms with Gasteiger partial charge in [0, 0.05) is 35.0 Å². The molecule has 2 aromatic rings. The average molecular weight is 358 g/mol. The van der Waals surface area contributed by atoms with Gasteiger partial charge in [-0.05, 0) is 43.1 Å². The van der Waals surface area contributed by atoms with Gasteiger partial charge < -0.3 is 4.74 Å². The number of ether oxygens (including phenoxy) is 1. The number of rotatable bonds is 7. The van der Waals surface area contributed by atoms with Gasteiger partial charge in [-0.2, -0.15) is 0 Å². The Morgan fingerprint density at radius 3 is 2.60 bits per heavy atom. The second-order valence-electron chi connectivity index (χ2n) is 6.02. The minimum Gasteiger partial charge on any atom is -0.379 e. The summed E-state index contributed by atoms with van der Waals surface area (Å²) in [7, 11) is 0. The van der Waals surface area contributed by atoms with Gasteiger partial charge in [0.2, 0.25) is 0 Å². The zero-order valence-corrected chi connectivity index (χ0v) is 14.9. The highest BCUT2D eigenvalue weighted by atomic mass is 32.2. The van der Waals surface area contributed by atoms with Crippen molar-refractivity contribution in [2.24, 2.45) is 0 Å². The number of hydrogen-bond acceptors (Lipinski definition) is 5. The lowest BCUT2D eigenvalue weighted by atomic mass is 10.1. The smallest absolute Gasteiger partial charge is 0.269 e. The summed E-state index contributed by atoms with van der Waals surface area (Å²) >= 11 is 1.66. The van der Waals surface area contributed by atoms with E-state index in [4.69, 9.17) is 4.74 Å². The normalized spacial score (nSPS) is 15.2. The van der Waals surface area contributed by atoms with Gasteiger partial charge in [0.1, 0.15) is 0 Å². The fourth-order valence-corrected chi connectivity index (χ4v) is 3.88. The van der Waals surface area contributed by atoms with E-state index in [-0.39, 0.29) is 10.6 Å². The molecule has 2 aromatic carbocycles. The fourth-order valence-electron chi connectivity index (χ4n) is 2.91. The Morgan fingerprint density at radius 2 is 1.88 bits per heavy atom. The monoisotopic (exact) mass is 358 g/mol. The van der Waals surface area contributed by atoms with Gasteiger partial charge >= 0.3 is 0 Å². The van der Waals surface area contributed by atoms with E-state index in [1.54, 1.807) is 23.9 Å². The van der Waals surface area contributed by atoms with Crippen LogP contribution in [0.5, 0.6) is 0 Å². The third-order valence-electron chi connectivity index (χ3n) is 4.25. The molecule has 5 nitrogen and oxygen atoms in total. The second-order valence-corrected chi connectivity index (χ2v) is 7.14. The maximum Gasteiger partial charge on any atom is 0.269 e. The van der Waals surface area contributed by atoms with Crippen LogP contribution in [0.15, 0.2) is 58.3 Å². The summed E-state index contributed by atoms with van der Waals surface area (Å²) in [4.78, 5) is 15.4. The van der Waals surface area contributed by atoms with Crippen LogP contribution in [0.2, 0.25) is 0 Å². The van der Waals surface area contributed by atoms with Gasteiger partial charge in [-0.15, -0.1) is 0 Å². The predicted octanol–water partition coefficient (Wildman–Crippen LogP) is 4.01. The summed E-state index contributed by atoms with van der Waals surface area (Å²) < 4.78 is 5.37. The van der Waals surface area contributed by atoms with Gasteiger partial charge in [0.05, 0.1) is 18.1 Å². The molecule has 1 aliphatic rings. The molecule has 0 atom stereocenters. The topological polar surface area (TPSA) is 55.6 Å². The highest BCUT2D eigenvalue weighted by Gasteiger charge is 2.14. The average Bonchev–Trinajstić information content (AvgIpc) is 2.64. The van der Waals surface area contributed by atoms with Crippen molar-refractivity contribution >= 4 is 17.4 Å². The molecule has 0 saturated carbocycles. The van der Waals surface area contributed by atoms with Gasteiger partial charge in [0.15, 0.2) is 0 Å². The number of aryl methyl sites for hydroxylation is 1. The van der Waals surface area contributed by atoms with Crippen LogP contribution in [0.1, 0.15) is 12.0 Å². The molecule has 1 saturated heterocycles. The molecule has 25 heavy (non-hydrogen) atoms. The maximum absolute atomic E-state index is 11.1. The van der Waals surface area contributed by atoms with Crippen molar-refractivity contribution in [3.63, 3.8) is 0 Å². The van der Waals surface area contributed by atoms with Crippen molar-refractivity contribution < 1.29 is 9.66 Å². The van der Waals surface area contributed by atoms with Crippen molar-refractivity contribution in [2.75, 3.05) is 32.8 Å². The Bertz CT molecular complexity index is 703. The van der Waals surface area contributed by atoms with Crippen LogP contribution < -0.4 is 0 Å². The Kier molecular flexibility index (Phi) is 6.44. The molecule has 0 N–H and O–H groups in total. The SMILES string of the molecule is O=[N+]([O-])c1ccc(Sc2ccccc2)c(CCCN2CCOCC2)c1. The number of nitro groups is 1. The van der Waals surface area contributed by atoms with Crippen LogP contribution in [-0.4, -0.2) is 42.7 Å². The van der Waals surface area contributed by atoms with Gasteiger partial charge in [-0.25, -0.2) is 0 Å². The number of non-ortho nitro benzene ring substituents is 1. The molecule has 1 heterocycles. The lowest BCUT2D eigenvalue weighted by Gasteiger charge is -2.26. The van der Waals surface area contributed by atoms with E-state index >= 15 is 0 Å². The first kappa shape index (κ1) is 17.9. The van der Waals surface area contributed by atoms with Crippen LogP contribution in [0, 0.1) is 10.1 Å². The molecule has 0 amide bonds. The lowest BCUT2D eigenvalue weighted by molar-refractivity contribution is -0.385. The number of nitrogens with zero attached hydrogens (tertiary/aromatic N) is 2. The van der Waals surface area contributed by atoms with Crippen LogP contribution in [0.4, 0.5) is 5.69 Å². The molecule has 0 aromatic heterocycles. The third-order valence-corrected chi connectivity index (χ3v) is 5.38. The number of hydrogen-bond donors (Lipinski definition) is 0. The summed E-state index contributed by atoms with van der Waals surface area (Å²) in [6.07, 6.45) is 1.83. The quantitative estimate of drug-likeness (QED) is 0.553. The molecule has 0 bridgehead atoms. The van der Waals surface area contributed by atoms with Gasteiger partial charge in [0.25, 0.3) is 5.69 Å². The molecule has 132 valence electrons. The fraction of sp³-hybridized carbons (Fsp3) is 0.368. The van der Waals surface area contributed by atoms with Crippen LogP contribution in [0.3, 0.4) is 0 Å². The first-order valence-electron chi connectivity index (χ1n) is 8.53. The van der Waals surface area contributed by atoms with Gasteiger partial charge in [-0.3, -0.25) is 15.0 Å². The Labute approximate surface area is 152 Å². The molecular weight excluding hydrogens is 336 g/mol. The second kappa shape index (κ2) is 8.99. The molecule has 6 heteroatoms. The Morgan fingerprint density at radius 1 is 1.12 bits per heavy atom. The van der Waals surface area contributed by atoms with E-state index in [1.807, 2.05) is 24.3 Å². The maximum atomic E-state index is 11.1. The van der Waals surface area contributed by atoms with E-state index in [0.717, 1.165) is 61.0 Å². The molecule has 0 spiro atoms. The summed E-state index contributed by atoms with van der Waals surface area (Å²) in [5.74, 6) is 0. The standard InChI is InChI=1S/C19H22N2O3S/c22-21(23)17-8-9-19(25-18-6-2-1-3-7-18)16(15-17)5-4-10-20-11-13-24-14-12-20/h1-3,6-9,15H,4-5,10-14H2. The number of nitro benzene ring substituents is 1. The molecule has 3 rings (SSSR count). The van der Waals surface area contributed by atoms with Crippen molar-refractivity contribution in [1.82, 2.24) is 4.90 Å². The Hall–Kier alpha value is -1.89. The summed E-state index contributed by atoms with van der Waals surface area (Å²) in [6, 6.07) is 15.3. The minimum atomic E-state index is -0.317. The summed E-state index contributed by atoms with van der Waals surface area (Å²) in [6.45, 7) is 4.54. The Balaban J connectivity index is 1.69. The predicted molar refractivity (Wildman–Crippen MR) is 99.2 cm³/mol. The minimum absolute atomic E-state index is 0.166. The molecular formula is C19H22N2O3S. The van der Waals surface area contributed by atoms with Crippen molar-refractivity contribution in [1.29, 1.82) is 0 Å². The van der Waals surface area contributed by atoms with E-state index < -0.39 is 0 Å². The van der Waals surface area contributed by atoms with Crippen molar-refractivity contribution in [3.8, 4) is 0 Å². The molecule has 1 aliphatic heterocycles. The first-order chi connectivity index (χ1) is 12.2. The third kappa shape index (κ3) is 5.29. The van der Waals surface area contributed by atoms with Gasteiger partial charge in [-0.1, -0.05) is 30.0 Å². The summed E-state index contributed by atoms with van der Waals surface area (Å²) in [5, 5.41) is 11.1. The first-order valence-corrected chi connectivity index (χ1v) is 9.34. The van der Waals surface area contributed by atoms with Crippen LogP contribution in [-0.2, 0) is 11.2 Å². The zero-order valence-electron chi connectivity index (χ0n) is 14.1. The number of morpholine rings is 1. The molecule has 0 radical (unpaired) electrons. The van der Waals surface area contributed by atoms with Crippen molar-refractivity contribution in [2.45, 2.75) is 22.6 Å². The van der Waals surface area contributed by atoms with E-state index in [2.05, 4.69) is 17.0 Å². The largest absolute Gasteiger partial charge is 0.379 e. The zero-order chi connectivity index (χ0) is 17.5. The van der Waals surface area contributed by atoms with Crippen LogP contribution in [0.25, 0.3) is 0 Å². The molecule has 0 unspecified atom stereocenters. The number of benzene rings is 2. The van der Waals surface area contributed by atoms with E-state index in [1.165, 1.54) is 0 Å². The molecule has 1 fully saturated rings. The lowest BCUT2D eigenvalue weighted by Crippen LogP contribution is -2.36. The van der Waals surface area contributed by atoms with E-state index in [0.29, 0.717) is 0 Å². The van der Waals surface area contributed by atoms with Crippen molar-refractivity contribution in [3.05, 3.63) is 64.2 Å². The molecule has 0 aliphatic carbocycles. The highest BCUT2D eigenvalue weighted by Crippen LogP contribution is 2.33. The summed E-state index contributed by atoms with van der Waals surface area (Å²) in [5.41, 5.74) is 1.22. The van der Waals surface area contributed by atoms with E-state index in [9.17, 15) is 10.1 Å². The highest BCUT2D eigenvalue weighted by molar-refractivity contribution is 7.99.